The van der Waals surface area contributed by atoms with Crippen molar-refractivity contribution < 1.29 is 4.39 Å². The van der Waals surface area contributed by atoms with E-state index in [0.717, 1.165) is 9.79 Å². The number of anilines is 1. The molecule has 0 bridgehead atoms. The van der Waals surface area contributed by atoms with E-state index in [-0.39, 0.29) is 5.02 Å². The first-order valence-corrected chi connectivity index (χ1v) is 6.66. The minimum absolute atomic E-state index is 0.0939. The van der Waals surface area contributed by atoms with Gasteiger partial charge in [-0.1, -0.05) is 41.1 Å². The Labute approximate surface area is 115 Å². The lowest BCUT2D eigenvalue weighted by atomic mass is 10.2. The first-order valence-electron chi connectivity index (χ1n) is 5.47. The van der Waals surface area contributed by atoms with Crippen LogP contribution >= 0.6 is 23.4 Å². The standard InChI is InChI=1S/C14H13ClFNS/c1-8-3-4-13(9(2)5-8)18-14-6-10(15)11(16)7-12(14)17/h3-7H,17H2,1-2H3. The van der Waals surface area contributed by atoms with Crippen molar-refractivity contribution >= 4 is 29.1 Å². The molecule has 0 unspecified atom stereocenters. The Balaban J connectivity index is 2.37. The number of hydrogen-bond donors (Lipinski definition) is 1. The van der Waals surface area contributed by atoms with Gasteiger partial charge in [-0.05, 0) is 37.6 Å². The Kier molecular flexibility index (Phi) is 3.83. The zero-order valence-corrected chi connectivity index (χ0v) is 11.7. The summed E-state index contributed by atoms with van der Waals surface area (Å²) >= 11 is 7.27. The van der Waals surface area contributed by atoms with Gasteiger partial charge in [0.25, 0.3) is 0 Å². The number of nitrogens with two attached hydrogens (primary N) is 1. The molecule has 0 aromatic heterocycles. The van der Waals surface area contributed by atoms with Crippen molar-refractivity contribution in [2.45, 2.75) is 23.6 Å². The molecule has 0 fully saturated rings. The van der Waals surface area contributed by atoms with Crippen molar-refractivity contribution in [3.05, 3.63) is 52.3 Å². The van der Waals surface area contributed by atoms with E-state index in [9.17, 15) is 4.39 Å². The SMILES string of the molecule is Cc1ccc(Sc2cc(Cl)c(F)cc2N)c(C)c1. The molecule has 2 N–H and O–H groups in total. The lowest BCUT2D eigenvalue weighted by molar-refractivity contribution is 0.628. The molecule has 0 atom stereocenters. The number of halogens is 2. The molecule has 0 saturated heterocycles. The quantitative estimate of drug-likeness (QED) is 0.798. The van der Waals surface area contributed by atoms with Gasteiger partial charge in [0, 0.05) is 15.5 Å². The zero-order chi connectivity index (χ0) is 13.3. The van der Waals surface area contributed by atoms with Crippen molar-refractivity contribution in [1.82, 2.24) is 0 Å². The van der Waals surface area contributed by atoms with Crippen molar-refractivity contribution in [2.75, 3.05) is 5.73 Å². The maximum Gasteiger partial charge on any atom is 0.143 e. The minimum atomic E-state index is -0.487. The molecule has 0 aliphatic rings. The normalized spacial score (nSPS) is 10.7. The first kappa shape index (κ1) is 13.2. The molecule has 0 spiro atoms. The second-order valence-electron chi connectivity index (χ2n) is 4.18. The lowest BCUT2D eigenvalue weighted by Crippen LogP contribution is -1.91. The largest absolute Gasteiger partial charge is 0.398 e. The van der Waals surface area contributed by atoms with Crippen molar-refractivity contribution in [3.8, 4) is 0 Å². The highest BCUT2D eigenvalue weighted by Crippen LogP contribution is 2.36. The summed E-state index contributed by atoms with van der Waals surface area (Å²) in [5, 5.41) is 0.0939. The van der Waals surface area contributed by atoms with Crippen LogP contribution < -0.4 is 5.73 Å². The topological polar surface area (TPSA) is 26.0 Å². The van der Waals surface area contributed by atoms with E-state index in [2.05, 4.69) is 6.07 Å². The van der Waals surface area contributed by atoms with E-state index in [1.54, 1.807) is 6.07 Å². The van der Waals surface area contributed by atoms with Crippen LogP contribution in [0, 0.1) is 19.7 Å². The van der Waals surface area contributed by atoms with Crippen LogP contribution in [0.2, 0.25) is 5.02 Å². The summed E-state index contributed by atoms with van der Waals surface area (Å²) in [7, 11) is 0. The number of benzene rings is 2. The molecule has 0 aliphatic heterocycles. The Morgan fingerprint density at radius 2 is 1.83 bits per heavy atom. The summed E-state index contributed by atoms with van der Waals surface area (Å²) in [5.41, 5.74) is 8.58. The molecule has 0 aliphatic carbocycles. The molecule has 2 aromatic carbocycles. The Hall–Kier alpha value is -1.19. The molecule has 0 radical (unpaired) electrons. The maximum absolute atomic E-state index is 13.2. The molecule has 1 nitrogen and oxygen atoms in total. The number of hydrogen-bond acceptors (Lipinski definition) is 2. The van der Waals surface area contributed by atoms with Crippen molar-refractivity contribution in [2.24, 2.45) is 0 Å². The Morgan fingerprint density at radius 1 is 1.11 bits per heavy atom. The third-order valence-corrected chi connectivity index (χ3v) is 4.14. The van der Waals surface area contributed by atoms with Gasteiger partial charge in [0.1, 0.15) is 5.82 Å². The summed E-state index contributed by atoms with van der Waals surface area (Å²) in [4.78, 5) is 1.86. The average Bonchev–Trinajstić information content (AvgIpc) is 2.29. The first-order chi connectivity index (χ1) is 8.47. The van der Waals surface area contributed by atoms with Crippen LogP contribution in [0.5, 0.6) is 0 Å². The predicted octanol–water partition coefficient (Wildman–Crippen LogP) is 4.83. The van der Waals surface area contributed by atoms with Crippen LogP contribution in [-0.2, 0) is 0 Å². The predicted molar refractivity (Wildman–Crippen MR) is 75.9 cm³/mol. The number of aryl methyl sites for hydroxylation is 2. The van der Waals surface area contributed by atoms with E-state index in [1.165, 1.54) is 29.0 Å². The van der Waals surface area contributed by atoms with Crippen LogP contribution in [-0.4, -0.2) is 0 Å². The van der Waals surface area contributed by atoms with Crippen LogP contribution in [0.15, 0.2) is 40.1 Å². The van der Waals surface area contributed by atoms with Gasteiger partial charge < -0.3 is 5.73 Å². The molecular weight excluding hydrogens is 269 g/mol. The van der Waals surface area contributed by atoms with Gasteiger partial charge in [0.05, 0.1) is 5.02 Å². The smallest absolute Gasteiger partial charge is 0.143 e. The summed E-state index contributed by atoms with van der Waals surface area (Å²) in [6, 6.07) is 9.00. The van der Waals surface area contributed by atoms with Crippen LogP contribution in [0.4, 0.5) is 10.1 Å². The molecule has 94 valence electrons. The molecule has 2 aromatic rings. The molecule has 0 saturated carbocycles. The molecule has 0 heterocycles. The van der Waals surface area contributed by atoms with E-state index >= 15 is 0 Å². The summed E-state index contributed by atoms with van der Waals surface area (Å²) in [6.45, 7) is 4.08. The second-order valence-corrected chi connectivity index (χ2v) is 5.67. The highest BCUT2D eigenvalue weighted by Gasteiger charge is 2.09. The van der Waals surface area contributed by atoms with Gasteiger partial charge in [0.2, 0.25) is 0 Å². The molecule has 2 rings (SSSR count). The van der Waals surface area contributed by atoms with E-state index in [1.807, 2.05) is 26.0 Å². The monoisotopic (exact) mass is 281 g/mol. The highest BCUT2D eigenvalue weighted by atomic mass is 35.5. The summed E-state index contributed by atoms with van der Waals surface area (Å²) in [5.74, 6) is -0.487. The summed E-state index contributed by atoms with van der Waals surface area (Å²) < 4.78 is 13.2. The van der Waals surface area contributed by atoms with Gasteiger partial charge in [-0.25, -0.2) is 4.39 Å². The lowest BCUT2D eigenvalue weighted by Gasteiger charge is -2.09. The molecule has 0 amide bonds. The third-order valence-electron chi connectivity index (χ3n) is 2.60. The number of nitrogen functional groups attached to an aromatic ring is 1. The number of rotatable bonds is 2. The second kappa shape index (κ2) is 5.21. The van der Waals surface area contributed by atoms with Crippen molar-refractivity contribution in [1.29, 1.82) is 0 Å². The van der Waals surface area contributed by atoms with Crippen molar-refractivity contribution in [3.63, 3.8) is 0 Å². The molecule has 18 heavy (non-hydrogen) atoms. The molecule has 4 heteroatoms. The van der Waals surface area contributed by atoms with Gasteiger partial charge in [-0.3, -0.25) is 0 Å². The van der Waals surface area contributed by atoms with Gasteiger partial charge in [-0.2, -0.15) is 0 Å². The highest BCUT2D eigenvalue weighted by molar-refractivity contribution is 7.99. The summed E-state index contributed by atoms with van der Waals surface area (Å²) in [6.07, 6.45) is 0. The average molecular weight is 282 g/mol. The fraction of sp³-hybridized carbons (Fsp3) is 0.143. The van der Waals surface area contributed by atoms with Crippen LogP contribution in [0.3, 0.4) is 0 Å². The fourth-order valence-corrected chi connectivity index (χ4v) is 2.84. The zero-order valence-electron chi connectivity index (χ0n) is 10.1. The van der Waals surface area contributed by atoms with E-state index < -0.39 is 5.82 Å². The van der Waals surface area contributed by atoms with Gasteiger partial charge in [0.15, 0.2) is 0 Å². The van der Waals surface area contributed by atoms with E-state index in [4.69, 9.17) is 17.3 Å². The Morgan fingerprint density at radius 3 is 2.50 bits per heavy atom. The third kappa shape index (κ3) is 2.79. The Bertz CT molecular complexity index is 599. The van der Waals surface area contributed by atoms with Gasteiger partial charge >= 0.3 is 0 Å². The minimum Gasteiger partial charge on any atom is -0.398 e. The van der Waals surface area contributed by atoms with Gasteiger partial charge in [-0.15, -0.1) is 0 Å². The van der Waals surface area contributed by atoms with Crippen LogP contribution in [0.25, 0.3) is 0 Å². The van der Waals surface area contributed by atoms with E-state index in [0.29, 0.717) is 5.69 Å². The molecular formula is C14H13ClFNS. The maximum atomic E-state index is 13.2. The van der Waals surface area contributed by atoms with Crippen LogP contribution in [0.1, 0.15) is 11.1 Å². The fourth-order valence-electron chi connectivity index (χ4n) is 1.66.